The average molecular weight is 359 g/mol. The standard InChI is InChI=1S/C17H30O4SSi/c1-14-8-10-16(11-9-14)22(18,19)20-12-15(2)13-21-23(6,7)17(3,4)5/h8-11,15H,12-13H2,1-7H3. The monoisotopic (exact) mass is 358 g/mol. The maximum atomic E-state index is 12.2. The van der Waals surface area contributed by atoms with Gasteiger partial charge in [0, 0.05) is 12.5 Å². The van der Waals surface area contributed by atoms with Gasteiger partial charge in [-0.3, -0.25) is 4.18 Å². The molecule has 1 aromatic carbocycles. The van der Waals surface area contributed by atoms with Gasteiger partial charge in [0.15, 0.2) is 8.32 Å². The van der Waals surface area contributed by atoms with E-state index in [-0.39, 0.29) is 22.5 Å². The van der Waals surface area contributed by atoms with Crippen LogP contribution in [0.2, 0.25) is 18.1 Å². The van der Waals surface area contributed by atoms with Gasteiger partial charge in [-0.25, -0.2) is 0 Å². The van der Waals surface area contributed by atoms with Crippen LogP contribution in [0.4, 0.5) is 0 Å². The predicted octanol–water partition coefficient (Wildman–Crippen LogP) is 4.36. The molecule has 132 valence electrons. The lowest BCUT2D eigenvalue weighted by molar-refractivity contribution is 0.181. The lowest BCUT2D eigenvalue weighted by atomic mass is 10.2. The minimum atomic E-state index is -3.70. The smallest absolute Gasteiger partial charge is 0.296 e. The summed E-state index contributed by atoms with van der Waals surface area (Å²) >= 11 is 0. The second-order valence-electron chi connectivity index (χ2n) is 7.73. The molecule has 0 fully saturated rings. The Morgan fingerprint density at radius 3 is 2.09 bits per heavy atom. The van der Waals surface area contributed by atoms with Crippen LogP contribution in [-0.2, 0) is 18.7 Å². The molecule has 0 spiro atoms. The second kappa shape index (κ2) is 7.47. The zero-order valence-corrected chi connectivity index (χ0v) is 17.2. The summed E-state index contributed by atoms with van der Waals surface area (Å²) < 4.78 is 35.6. The van der Waals surface area contributed by atoms with Crippen molar-refractivity contribution < 1.29 is 17.0 Å². The van der Waals surface area contributed by atoms with Crippen LogP contribution in [0.1, 0.15) is 33.3 Å². The third-order valence-electron chi connectivity index (χ3n) is 4.35. The van der Waals surface area contributed by atoms with Crippen molar-refractivity contribution in [3.8, 4) is 0 Å². The summed E-state index contributed by atoms with van der Waals surface area (Å²) in [5, 5.41) is 0.140. The molecule has 0 amide bonds. The van der Waals surface area contributed by atoms with E-state index in [2.05, 4.69) is 33.9 Å². The fourth-order valence-corrected chi connectivity index (χ4v) is 3.75. The van der Waals surface area contributed by atoms with Gasteiger partial charge in [-0.2, -0.15) is 8.42 Å². The van der Waals surface area contributed by atoms with Gasteiger partial charge >= 0.3 is 0 Å². The summed E-state index contributed by atoms with van der Waals surface area (Å²) in [6.45, 7) is 15.4. The molecule has 0 aliphatic heterocycles. The highest BCUT2D eigenvalue weighted by molar-refractivity contribution is 7.86. The Balaban J connectivity index is 2.56. The van der Waals surface area contributed by atoms with Gasteiger partial charge in [0.2, 0.25) is 0 Å². The van der Waals surface area contributed by atoms with E-state index in [0.29, 0.717) is 6.61 Å². The number of aryl methyl sites for hydroxylation is 1. The molecule has 1 unspecified atom stereocenters. The largest absolute Gasteiger partial charge is 0.416 e. The van der Waals surface area contributed by atoms with E-state index < -0.39 is 18.4 Å². The molecule has 23 heavy (non-hydrogen) atoms. The zero-order valence-electron chi connectivity index (χ0n) is 15.3. The molecular formula is C17H30O4SSi. The van der Waals surface area contributed by atoms with Crippen molar-refractivity contribution in [2.45, 2.75) is 57.6 Å². The summed E-state index contributed by atoms with van der Waals surface area (Å²) in [6, 6.07) is 6.67. The van der Waals surface area contributed by atoms with Gasteiger partial charge in [-0.1, -0.05) is 45.4 Å². The van der Waals surface area contributed by atoms with Crippen LogP contribution in [0.25, 0.3) is 0 Å². The molecule has 0 aliphatic rings. The van der Waals surface area contributed by atoms with Crippen molar-refractivity contribution in [2.75, 3.05) is 13.2 Å². The van der Waals surface area contributed by atoms with Crippen molar-refractivity contribution in [2.24, 2.45) is 5.92 Å². The van der Waals surface area contributed by atoms with Crippen molar-refractivity contribution >= 4 is 18.4 Å². The molecule has 0 heterocycles. The van der Waals surface area contributed by atoms with Crippen LogP contribution in [0.3, 0.4) is 0 Å². The van der Waals surface area contributed by atoms with Crippen LogP contribution in [0, 0.1) is 12.8 Å². The molecule has 1 rings (SSSR count). The quantitative estimate of drug-likeness (QED) is 0.537. The van der Waals surface area contributed by atoms with Crippen LogP contribution in [0.15, 0.2) is 29.2 Å². The molecule has 0 N–H and O–H groups in total. The highest BCUT2D eigenvalue weighted by Gasteiger charge is 2.37. The predicted molar refractivity (Wildman–Crippen MR) is 96.6 cm³/mol. The third-order valence-corrected chi connectivity index (χ3v) is 10.1. The molecule has 6 heteroatoms. The van der Waals surface area contributed by atoms with Crippen LogP contribution < -0.4 is 0 Å². The van der Waals surface area contributed by atoms with Gasteiger partial charge in [-0.05, 0) is 37.2 Å². The number of benzene rings is 1. The highest BCUT2D eigenvalue weighted by atomic mass is 32.2. The molecule has 0 aliphatic carbocycles. The van der Waals surface area contributed by atoms with E-state index in [1.54, 1.807) is 24.3 Å². The SMILES string of the molecule is Cc1ccc(S(=O)(=O)OCC(C)CO[Si](C)(C)C(C)(C)C)cc1. The summed E-state index contributed by atoms with van der Waals surface area (Å²) in [6.07, 6.45) is 0. The number of hydrogen-bond acceptors (Lipinski definition) is 4. The van der Waals surface area contributed by atoms with E-state index in [1.165, 1.54) is 0 Å². The van der Waals surface area contributed by atoms with E-state index in [1.807, 2.05) is 13.8 Å². The van der Waals surface area contributed by atoms with E-state index in [4.69, 9.17) is 8.61 Å². The first-order chi connectivity index (χ1) is 10.3. The molecule has 0 saturated carbocycles. The Kier molecular flexibility index (Phi) is 6.61. The fourth-order valence-electron chi connectivity index (χ4n) is 1.59. The minimum absolute atomic E-state index is 0.0179. The first-order valence-corrected chi connectivity index (χ1v) is 12.3. The van der Waals surface area contributed by atoms with Crippen LogP contribution in [0.5, 0.6) is 0 Å². The van der Waals surface area contributed by atoms with Crippen molar-refractivity contribution in [3.05, 3.63) is 29.8 Å². The Morgan fingerprint density at radius 2 is 1.61 bits per heavy atom. The molecule has 0 bridgehead atoms. The Morgan fingerprint density at radius 1 is 1.09 bits per heavy atom. The normalized spacial score (nSPS) is 14.7. The van der Waals surface area contributed by atoms with Crippen LogP contribution >= 0.6 is 0 Å². The second-order valence-corrected chi connectivity index (χ2v) is 14.2. The van der Waals surface area contributed by atoms with Crippen molar-refractivity contribution in [1.29, 1.82) is 0 Å². The van der Waals surface area contributed by atoms with Crippen molar-refractivity contribution in [1.82, 2.24) is 0 Å². The Labute approximate surface area is 142 Å². The average Bonchev–Trinajstić information content (AvgIpc) is 2.42. The fraction of sp³-hybridized carbons (Fsp3) is 0.647. The Hall–Kier alpha value is -0.693. The summed E-state index contributed by atoms with van der Waals surface area (Å²) in [4.78, 5) is 0.195. The maximum absolute atomic E-state index is 12.2. The van der Waals surface area contributed by atoms with Gasteiger partial charge in [0.1, 0.15) is 0 Å². The van der Waals surface area contributed by atoms with Crippen LogP contribution in [-0.4, -0.2) is 29.9 Å². The lowest BCUT2D eigenvalue weighted by Gasteiger charge is -2.36. The Bertz CT molecular complexity index is 600. The van der Waals surface area contributed by atoms with Gasteiger partial charge in [0.05, 0.1) is 11.5 Å². The summed E-state index contributed by atoms with van der Waals surface area (Å²) in [7, 11) is -5.52. The molecule has 0 radical (unpaired) electrons. The summed E-state index contributed by atoms with van der Waals surface area (Å²) in [5.74, 6) is 0.0179. The third kappa shape index (κ3) is 6.03. The molecule has 4 nitrogen and oxygen atoms in total. The molecule has 0 aromatic heterocycles. The van der Waals surface area contributed by atoms with Gasteiger partial charge in [0.25, 0.3) is 10.1 Å². The maximum Gasteiger partial charge on any atom is 0.296 e. The van der Waals surface area contributed by atoms with Gasteiger partial charge < -0.3 is 4.43 Å². The zero-order chi connectivity index (χ0) is 17.9. The highest BCUT2D eigenvalue weighted by Crippen LogP contribution is 2.36. The minimum Gasteiger partial charge on any atom is -0.416 e. The van der Waals surface area contributed by atoms with E-state index in [9.17, 15) is 8.42 Å². The first kappa shape index (κ1) is 20.4. The van der Waals surface area contributed by atoms with E-state index >= 15 is 0 Å². The van der Waals surface area contributed by atoms with Crippen molar-refractivity contribution in [3.63, 3.8) is 0 Å². The lowest BCUT2D eigenvalue weighted by Crippen LogP contribution is -2.42. The first-order valence-electron chi connectivity index (χ1n) is 7.95. The molecule has 0 saturated heterocycles. The number of rotatable bonds is 7. The van der Waals surface area contributed by atoms with E-state index in [0.717, 1.165) is 5.56 Å². The molecule has 1 atom stereocenters. The topological polar surface area (TPSA) is 52.6 Å². The van der Waals surface area contributed by atoms with Gasteiger partial charge in [-0.15, -0.1) is 0 Å². The summed E-state index contributed by atoms with van der Waals surface area (Å²) in [5.41, 5.74) is 1.01. The molecule has 1 aromatic rings. The number of hydrogen-bond donors (Lipinski definition) is 0. The molecular weight excluding hydrogens is 328 g/mol.